The smallest absolute Gasteiger partial charge is 0.0699 e. The Morgan fingerprint density at radius 3 is 2.89 bits per heavy atom. The summed E-state index contributed by atoms with van der Waals surface area (Å²) < 4.78 is 9.03. The van der Waals surface area contributed by atoms with Crippen LogP contribution in [0.3, 0.4) is 0 Å². The highest BCUT2D eigenvalue weighted by molar-refractivity contribution is 9.10. The predicted molar refractivity (Wildman–Crippen MR) is 80.3 cm³/mol. The summed E-state index contributed by atoms with van der Waals surface area (Å²) in [6.45, 7) is 5.23. The Morgan fingerprint density at radius 1 is 1.53 bits per heavy atom. The number of aromatic nitrogens is 2. The van der Waals surface area contributed by atoms with Crippen LogP contribution in [0.1, 0.15) is 57.3 Å². The molecule has 0 saturated carbocycles. The zero-order valence-corrected chi connectivity index (χ0v) is 13.6. The molecule has 1 aliphatic heterocycles. The Labute approximate surface area is 124 Å². The van der Waals surface area contributed by atoms with Gasteiger partial charge in [0.2, 0.25) is 0 Å². The summed E-state index contributed by atoms with van der Waals surface area (Å²) in [5.41, 5.74) is 1.23. The Hall–Kier alpha value is -0.390. The Balaban J connectivity index is 2.14. The molecule has 2 unspecified atom stereocenters. The van der Waals surface area contributed by atoms with E-state index in [1.54, 1.807) is 0 Å². The number of halogens is 1. The lowest BCUT2D eigenvalue weighted by Crippen LogP contribution is -2.29. The van der Waals surface area contributed by atoms with Crippen LogP contribution in [0.2, 0.25) is 0 Å². The molecule has 0 spiro atoms. The Bertz CT molecular complexity index is 399. The van der Waals surface area contributed by atoms with Crippen LogP contribution in [0.4, 0.5) is 0 Å². The van der Waals surface area contributed by atoms with Gasteiger partial charge in [0, 0.05) is 12.6 Å². The maximum atomic E-state index is 5.86. The zero-order chi connectivity index (χ0) is 13.8. The topological polar surface area (TPSA) is 39.1 Å². The number of rotatable bonds is 5. The van der Waals surface area contributed by atoms with E-state index < -0.39 is 0 Å². The monoisotopic (exact) mass is 329 g/mol. The lowest BCUT2D eigenvalue weighted by molar-refractivity contribution is 0.00487. The third-order valence-corrected chi connectivity index (χ3v) is 4.34. The highest BCUT2D eigenvalue weighted by Crippen LogP contribution is 2.30. The molecule has 5 heteroatoms. The van der Waals surface area contributed by atoms with Gasteiger partial charge in [-0.25, -0.2) is 0 Å². The van der Waals surface area contributed by atoms with Gasteiger partial charge in [0.1, 0.15) is 0 Å². The average Bonchev–Trinajstić information content (AvgIpc) is 2.79. The van der Waals surface area contributed by atoms with Crippen LogP contribution in [0.25, 0.3) is 0 Å². The van der Waals surface area contributed by atoms with Gasteiger partial charge in [0.05, 0.1) is 28.5 Å². The first-order valence-corrected chi connectivity index (χ1v) is 7.94. The fraction of sp³-hybridized carbons (Fsp3) is 0.786. The van der Waals surface area contributed by atoms with E-state index in [1.807, 2.05) is 13.2 Å². The van der Waals surface area contributed by atoms with Crippen molar-refractivity contribution in [3.63, 3.8) is 0 Å². The summed E-state index contributed by atoms with van der Waals surface area (Å²) in [4.78, 5) is 0. The second-order valence-electron chi connectivity index (χ2n) is 5.48. The van der Waals surface area contributed by atoms with E-state index in [1.165, 1.54) is 25.0 Å². The number of nitrogens with zero attached hydrogens (tertiary/aromatic N) is 2. The molecule has 1 aromatic rings. The fourth-order valence-corrected chi connectivity index (χ4v) is 3.26. The average molecular weight is 330 g/mol. The normalized spacial score (nSPS) is 21.8. The highest BCUT2D eigenvalue weighted by atomic mass is 79.9. The van der Waals surface area contributed by atoms with E-state index in [2.05, 4.69) is 44.9 Å². The molecule has 4 nitrogen and oxygen atoms in total. The van der Waals surface area contributed by atoms with Crippen molar-refractivity contribution < 1.29 is 4.74 Å². The molecule has 2 heterocycles. The Morgan fingerprint density at radius 2 is 2.32 bits per heavy atom. The number of nitrogens with one attached hydrogen (secondary N) is 1. The minimum Gasteiger partial charge on any atom is -0.378 e. The van der Waals surface area contributed by atoms with Crippen molar-refractivity contribution in [1.29, 1.82) is 0 Å². The van der Waals surface area contributed by atoms with Gasteiger partial charge in [0.15, 0.2) is 0 Å². The summed E-state index contributed by atoms with van der Waals surface area (Å²) in [6.07, 6.45) is 6.93. The minimum absolute atomic E-state index is 0.280. The highest BCUT2D eigenvalue weighted by Gasteiger charge is 2.25. The van der Waals surface area contributed by atoms with Crippen LogP contribution in [0.5, 0.6) is 0 Å². The predicted octanol–water partition coefficient (Wildman–Crippen LogP) is 3.45. The van der Waals surface area contributed by atoms with E-state index in [0.29, 0.717) is 12.1 Å². The molecule has 2 atom stereocenters. The van der Waals surface area contributed by atoms with Crippen molar-refractivity contribution in [1.82, 2.24) is 15.1 Å². The standard InChI is InChI=1S/C14H24BrN3O/c1-10(2)18-14(12(15)9-17-18)13(16-3)8-11-6-4-5-7-19-11/h9-11,13,16H,4-8H2,1-3H3. The first-order valence-electron chi connectivity index (χ1n) is 7.15. The van der Waals surface area contributed by atoms with Gasteiger partial charge in [-0.15, -0.1) is 0 Å². The second-order valence-corrected chi connectivity index (χ2v) is 6.34. The van der Waals surface area contributed by atoms with Crippen molar-refractivity contribution in [2.24, 2.45) is 0 Å². The van der Waals surface area contributed by atoms with Gasteiger partial charge in [0.25, 0.3) is 0 Å². The van der Waals surface area contributed by atoms with Gasteiger partial charge < -0.3 is 10.1 Å². The molecule has 1 saturated heterocycles. The molecule has 0 radical (unpaired) electrons. The maximum absolute atomic E-state index is 5.86. The van der Waals surface area contributed by atoms with Gasteiger partial charge >= 0.3 is 0 Å². The van der Waals surface area contributed by atoms with Gasteiger partial charge in [-0.05, 0) is 62.5 Å². The van der Waals surface area contributed by atoms with Gasteiger partial charge in [-0.1, -0.05) is 0 Å². The van der Waals surface area contributed by atoms with Crippen LogP contribution in [0.15, 0.2) is 10.7 Å². The molecule has 19 heavy (non-hydrogen) atoms. The third-order valence-electron chi connectivity index (χ3n) is 3.73. The number of ether oxygens (including phenoxy) is 1. The molecular weight excluding hydrogens is 306 g/mol. The molecule has 108 valence electrons. The molecule has 1 fully saturated rings. The summed E-state index contributed by atoms with van der Waals surface area (Å²) in [6, 6.07) is 0.645. The molecule has 0 aliphatic carbocycles. The lowest BCUT2D eigenvalue weighted by Gasteiger charge is -2.28. The van der Waals surface area contributed by atoms with E-state index in [9.17, 15) is 0 Å². The first-order chi connectivity index (χ1) is 9.13. The van der Waals surface area contributed by atoms with Crippen LogP contribution in [-0.2, 0) is 4.74 Å². The lowest BCUT2D eigenvalue weighted by atomic mass is 10.00. The quantitative estimate of drug-likeness (QED) is 0.899. The van der Waals surface area contributed by atoms with Crippen LogP contribution in [-0.4, -0.2) is 29.5 Å². The van der Waals surface area contributed by atoms with E-state index >= 15 is 0 Å². The summed E-state index contributed by atoms with van der Waals surface area (Å²) in [5.74, 6) is 0. The van der Waals surface area contributed by atoms with Crippen molar-refractivity contribution in [2.75, 3.05) is 13.7 Å². The molecule has 2 rings (SSSR count). The first kappa shape index (κ1) is 15.0. The third kappa shape index (κ3) is 3.58. The van der Waals surface area contributed by atoms with Crippen LogP contribution >= 0.6 is 15.9 Å². The second kappa shape index (κ2) is 6.86. The SMILES string of the molecule is CNC(CC1CCCCO1)c1c(Br)cnn1C(C)C. The molecule has 0 bridgehead atoms. The molecule has 1 N–H and O–H groups in total. The van der Waals surface area contributed by atoms with E-state index in [0.717, 1.165) is 17.5 Å². The van der Waals surface area contributed by atoms with E-state index in [-0.39, 0.29) is 6.04 Å². The van der Waals surface area contributed by atoms with Crippen molar-refractivity contribution in [3.05, 3.63) is 16.4 Å². The minimum atomic E-state index is 0.280. The van der Waals surface area contributed by atoms with Crippen LogP contribution in [0, 0.1) is 0 Å². The largest absolute Gasteiger partial charge is 0.378 e. The number of hydrogen-bond acceptors (Lipinski definition) is 3. The summed E-state index contributed by atoms with van der Waals surface area (Å²) >= 11 is 3.63. The van der Waals surface area contributed by atoms with Crippen LogP contribution < -0.4 is 5.32 Å². The molecule has 0 aromatic carbocycles. The summed E-state index contributed by atoms with van der Waals surface area (Å²) in [5, 5.41) is 7.88. The van der Waals surface area contributed by atoms with E-state index in [4.69, 9.17) is 4.74 Å². The van der Waals surface area contributed by atoms with Crippen molar-refractivity contribution in [3.8, 4) is 0 Å². The molecule has 1 aromatic heterocycles. The Kier molecular flexibility index (Phi) is 5.42. The molecule has 0 amide bonds. The molecular formula is C14H24BrN3O. The fourth-order valence-electron chi connectivity index (χ4n) is 2.71. The summed E-state index contributed by atoms with van der Waals surface area (Å²) in [7, 11) is 2.01. The number of hydrogen-bond donors (Lipinski definition) is 1. The van der Waals surface area contributed by atoms with Gasteiger partial charge in [-0.3, -0.25) is 4.68 Å². The molecule has 1 aliphatic rings. The van der Waals surface area contributed by atoms with Gasteiger partial charge in [-0.2, -0.15) is 5.10 Å². The van der Waals surface area contributed by atoms with Crippen molar-refractivity contribution >= 4 is 15.9 Å². The maximum Gasteiger partial charge on any atom is 0.0699 e. The van der Waals surface area contributed by atoms with Crippen molar-refractivity contribution in [2.45, 2.75) is 57.7 Å². The zero-order valence-electron chi connectivity index (χ0n) is 12.0.